The first-order valence-corrected chi connectivity index (χ1v) is 13.2. The number of nitrogens with zero attached hydrogens (tertiary/aromatic N) is 3. The number of halogens is 1. The Labute approximate surface area is 219 Å². The molecule has 0 atom stereocenters. The maximum Gasteiger partial charge on any atom is 0.409 e. The zero-order valence-electron chi connectivity index (χ0n) is 20.4. The van der Waals surface area contributed by atoms with E-state index in [1.54, 1.807) is 9.75 Å². The molecule has 2 heterocycles. The molecule has 0 N–H and O–H groups in total. The minimum absolute atomic E-state index is 0.224. The van der Waals surface area contributed by atoms with Gasteiger partial charge in [-0.3, -0.25) is 0 Å². The first-order chi connectivity index (χ1) is 17.6. The second-order valence-corrected chi connectivity index (χ2v) is 9.87. The Bertz CT molecular complexity index is 1330. The second-order valence-electron chi connectivity index (χ2n) is 9.08. The van der Waals surface area contributed by atoms with Crippen molar-refractivity contribution in [3.63, 3.8) is 0 Å². The molecule has 4 aromatic rings. The van der Waals surface area contributed by atoms with Crippen LogP contribution in [-0.4, -0.2) is 40.6 Å². The van der Waals surface area contributed by atoms with Gasteiger partial charge in [0.1, 0.15) is 6.61 Å². The lowest BCUT2D eigenvalue weighted by molar-refractivity contribution is 0.0640. The number of fused-ring (bicyclic) bond motifs is 1. The van der Waals surface area contributed by atoms with Crippen LogP contribution < -0.4 is 4.84 Å². The third kappa shape index (κ3) is 5.26. The summed E-state index contributed by atoms with van der Waals surface area (Å²) >= 11 is 3.86. The van der Waals surface area contributed by atoms with Crippen LogP contribution in [0.1, 0.15) is 48.1 Å². The molecule has 1 saturated heterocycles. The van der Waals surface area contributed by atoms with Gasteiger partial charge in [-0.2, -0.15) is 0 Å². The monoisotopic (exact) mass is 547 g/mol. The van der Waals surface area contributed by atoms with Crippen molar-refractivity contribution in [3.05, 3.63) is 99.8 Å². The quantitative estimate of drug-likeness (QED) is 0.270. The molecular formula is C29H30BrN3O3. The number of hydrogen-bond donors (Lipinski definition) is 0. The van der Waals surface area contributed by atoms with E-state index in [2.05, 4.69) is 69.6 Å². The first kappa shape index (κ1) is 24.4. The summed E-state index contributed by atoms with van der Waals surface area (Å²) in [6.07, 6.45) is 4.15. The lowest BCUT2D eigenvalue weighted by atomic mass is 9.88. The van der Waals surface area contributed by atoms with Crippen molar-refractivity contribution in [3.8, 4) is 0 Å². The van der Waals surface area contributed by atoms with E-state index in [1.165, 1.54) is 21.9 Å². The molecular weight excluding hydrogens is 518 g/mol. The van der Waals surface area contributed by atoms with E-state index in [0.29, 0.717) is 38.6 Å². The lowest BCUT2D eigenvalue weighted by Crippen LogP contribution is -2.38. The number of piperidine rings is 1. The number of benzene rings is 3. The Balaban J connectivity index is 1.42. The zero-order chi connectivity index (χ0) is 24.9. The SMILES string of the molecule is CCOC(=O)N1CCC(c2cnn(OCc3ccccc3)c2Cc2ccc3ccccc3c2Br)CC1. The largest absolute Gasteiger partial charge is 0.450 e. The Morgan fingerprint density at radius 1 is 1.03 bits per heavy atom. The van der Waals surface area contributed by atoms with E-state index in [1.807, 2.05) is 31.3 Å². The molecule has 186 valence electrons. The summed E-state index contributed by atoms with van der Waals surface area (Å²) in [6.45, 7) is 4.03. The highest BCUT2D eigenvalue weighted by Crippen LogP contribution is 2.34. The van der Waals surface area contributed by atoms with Gasteiger partial charge < -0.3 is 14.5 Å². The Morgan fingerprint density at radius 2 is 1.78 bits per heavy atom. The molecule has 5 rings (SSSR count). The topological polar surface area (TPSA) is 56.6 Å². The number of likely N-dealkylation sites (tertiary alicyclic amines) is 1. The fourth-order valence-corrected chi connectivity index (χ4v) is 5.52. The Hall–Kier alpha value is -3.32. The predicted octanol–water partition coefficient (Wildman–Crippen LogP) is 6.35. The number of carbonyl (C=O) groups excluding carboxylic acids is 1. The van der Waals surface area contributed by atoms with Gasteiger partial charge in [0, 0.05) is 29.5 Å². The summed E-state index contributed by atoms with van der Waals surface area (Å²) in [5, 5.41) is 7.04. The van der Waals surface area contributed by atoms with Crippen LogP contribution in [0, 0.1) is 0 Å². The maximum absolute atomic E-state index is 12.2. The van der Waals surface area contributed by atoms with Crippen LogP contribution >= 0.6 is 15.9 Å². The molecule has 0 aliphatic carbocycles. The molecule has 1 aromatic heterocycles. The van der Waals surface area contributed by atoms with Crippen LogP contribution in [0.25, 0.3) is 10.8 Å². The lowest BCUT2D eigenvalue weighted by Gasteiger charge is -2.31. The average molecular weight is 548 g/mol. The van der Waals surface area contributed by atoms with Crippen LogP contribution in [-0.2, 0) is 17.8 Å². The van der Waals surface area contributed by atoms with E-state index in [-0.39, 0.29) is 6.09 Å². The molecule has 1 fully saturated rings. The molecule has 0 unspecified atom stereocenters. The van der Waals surface area contributed by atoms with Crippen LogP contribution in [0.4, 0.5) is 4.79 Å². The summed E-state index contributed by atoms with van der Waals surface area (Å²) in [5.41, 5.74) is 4.52. The van der Waals surface area contributed by atoms with Gasteiger partial charge in [-0.15, -0.1) is 9.94 Å². The van der Waals surface area contributed by atoms with Crippen molar-refractivity contribution in [2.75, 3.05) is 19.7 Å². The van der Waals surface area contributed by atoms with Crippen LogP contribution in [0.3, 0.4) is 0 Å². The Kier molecular flexibility index (Phi) is 7.56. The number of ether oxygens (including phenoxy) is 1. The molecule has 6 nitrogen and oxygen atoms in total. The molecule has 36 heavy (non-hydrogen) atoms. The zero-order valence-corrected chi connectivity index (χ0v) is 22.0. The van der Waals surface area contributed by atoms with Crippen LogP contribution in [0.5, 0.6) is 0 Å². The van der Waals surface area contributed by atoms with Gasteiger partial charge in [0.2, 0.25) is 0 Å². The predicted molar refractivity (Wildman–Crippen MR) is 144 cm³/mol. The highest BCUT2D eigenvalue weighted by molar-refractivity contribution is 9.10. The molecule has 0 spiro atoms. The molecule has 3 aromatic carbocycles. The van der Waals surface area contributed by atoms with E-state index in [4.69, 9.17) is 9.57 Å². The van der Waals surface area contributed by atoms with Gasteiger partial charge in [0.25, 0.3) is 0 Å². The van der Waals surface area contributed by atoms with E-state index in [9.17, 15) is 4.79 Å². The second kappa shape index (κ2) is 11.2. The van der Waals surface area contributed by atoms with Crippen molar-refractivity contribution >= 4 is 32.8 Å². The number of hydrogen-bond acceptors (Lipinski definition) is 4. The number of rotatable bonds is 7. The fourth-order valence-electron chi connectivity index (χ4n) is 4.88. The third-order valence-electron chi connectivity index (χ3n) is 6.82. The van der Waals surface area contributed by atoms with Gasteiger partial charge in [-0.25, -0.2) is 4.79 Å². The molecule has 0 radical (unpaired) electrons. The van der Waals surface area contributed by atoms with E-state index in [0.717, 1.165) is 28.6 Å². The molecule has 1 aliphatic rings. The first-order valence-electron chi connectivity index (χ1n) is 12.5. The van der Waals surface area contributed by atoms with Gasteiger partial charge in [0.15, 0.2) is 0 Å². The van der Waals surface area contributed by atoms with Crippen molar-refractivity contribution in [1.82, 2.24) is 14.8 Å². The average Bonchev–Trinajstić information content (AvgIpc) is 3.32. The highest BCUT2D eigenvalue weighted by Gasteiger charge is 2.28. The molecule has 1 amide bonds. The van der Waals surface area contributed by atoms with Crippen LogP contribution in [0.2, 0.25) is 0 Å². The smallest absolute Gasteiger partial charge is 0.409 e. The highest BCUT2D eigenvalue weighted by atomic mass is 79.9. The number of aromatic nitrogens is 2. The van der Waals surface area contributed by atoms with Crippen molar-refractivity contribution in [2.45, 2.75) is 38.7 Å². The Morgan fingerprint density at radius 3 is 2.56 bits per heavy atom. The summed E-state index contributed by atoms with van der Waals surface area (Å²) in [4.78, 5) is 21.9. The van der Waals surface area contributed by atoms with Crippen molar-refractivity contribution in [1.29, 1.82) is 0 Å². The van der Waals surface area contributed by atoms with E-state index >= 15 is 0 Å². The van der Waals surface area contributed by atoms with Crippen molar-refractivity contribution < 1.29 is 14.4 Å². The maximum atomic E-state index is 12.2. The summed E-state index contributed by atoms with van der Waals surface area (Å²) in [5.74, 6) is 0.305. The van der Waals surface area contributed by atoms with Gasteiger partial charge in [-0.05, 0) is 63.5 Å². The van der Waals surface area contributed by atoms with E-state index < -0.39 is 0 Å². The minimum atomic E-state index is -0.224. The molecule has 0 bridgehead atoms. The number of amides is 1. The molecule has 1 aliphatic heterocycles. The molecule has 0 saturated carbocycles. The van der Waals surface area contributed by atoms with Gasteiger partial charge in [-0.1, -0.05) is 66.7 Å². The van der Waals surface area contributed by atoms with Crippen molar-refractivity contribution in [2.24, 2.45) is 0 Å². The summed E-state index contributed by atoms with van der Waals surface area (Å²) < 4.78 is 6.29. The minimum Gasteiger partial charge on any atom is -0.450 e. The standard InChI is InChI=1S/C29H30BrN3O3/c1-2-35-29(34)32-16-14-23(15-17-32)26-19-31-33(36-20-21-8-4-3-5-9-21)27(26)18-24-13-12-22-10-6-7-11-25(22)28(24)30/h3-13,19,23H,2,14-18,20H2,1H3. The van der Waals surface area contributed by atoms with Crippen LogP contribution in [0.15, 0.2) is 77.4 Å². The fraction of sp³-hybridized carbons (Fsp3) is 0.310. The van der Waals surface area contributed by atoms with Gasteiger partial charge in [0.05, 0.1) is 18.5 Å². The number of carbonyl (C=O) groups is 1. The van der Waals surface area contributed by atoms with Gasteiger partial charge >= 0.3 is 6.09 Å². The summed E-state index contributed by atoms with van der Waals surface area (Å²) in [7, 11) is 0. The molecule has 7 heteroatoms. The summed E-state index contributed by atoms with van der Waals surface area (Å²) in [6, 6.07) is 22.8. The third-order valence-corrected chi connectivity index (χ3v) is 7.76. The normalized spacial score (nSPS) is 14.2.